The van der Waals surface area contributed by atoms with E-state index in [-0.39, 0.29) is 11.8 Å². The number of nitrogens with one attached hydrogen (secondary N) is 2. The Morgan fingerprint density at radius 1 is 1.14 bits per heavy atom. The first kappa shape index (κ1) is 16.5. The van der Waals surface area contributed by atoms with E-state index in [0.29, 0.717) is 31.3 Å². The number of rotatable bonds is 7. The molecule has 1 atom stereocenters. The van der Waals surface area contributed by atoms with Gasteiger partial charge < -0.3 is 10.6 Å². The van der Waals surface area contributed by atoms with Gasteiger partial charge in [-0.3, -0.25) is 9.59 Å². The van der Waals surface area contributed by atoms with Gasteiger partial charge in [0.05, 0.1) is 0 Å². The van der Waals surface area contributed by atoms with Crippen molar-refractivity contribution < 1.29 is 9.59 Å². The molecule has 0 aliphatic heterocycles. The minimum Gasteiger partial charge on any atom is -0.355 e. The Hall–Kier alpha value is -1.84. The van der Waals surface area contributed by atoms with Crippen LogP contribution < -0.4 is 10.6 Å². The van der Waals surface area contributed by atoms with E-state index in [9.17, 15) is 9.59 Å². The van der Waals surface area contributed by atoms with Crippen LogP contribution in [0.25, 0.3) is 0 Å². The Morgan fingerprint density at radius 3 is 2.41 bits per heavy atom. The Labute approximate surface area is 132 Å². The van der Waals surface area contributed by atoms with Gasteiger partial charge in [-0.2, -0.15) is 0 Å². The second-order valence-electron chi connectivity index (χ2n) is 6.32. The SMILES string of the molecule is CC(=O)NCCNC(=O)CC(c1ccc(C)c(C)c1)C1CC1. The molecule has 0 aromatic heterocycles. The smallest absolute Gasteiger partial charge is 0.220 e. The maximum absolute atomic E-state index is 12.1. The van der Waals surface area contributed by atoms with E-state index in [0.717, 1.165) is 0 Å². The number of aryl methyl sites for hydroxylation is 2. The van der Waals surface area contributed by atoms with Gasteiger partial charge in [-0.05, 0) is 55.2 Å². The number of carbonyl (C=O) groups excluding carboxylic acids is 2. The highest BCUT2D eigenvalue weighted by Crippen LogP contribution is 2.44. The molecular formula is C18H26N2O2. The summed E-state index contributed by atoms with van der Waals surface area (Å²) in [7, 11) is 0. The molecule has 0 bridgehead atoms. The van der Waals surface area contributed by atoms with Crippen molar-refractivity contribution in [2.75, 3.05) is 13.1 Å². The third kappa shape index (κ3) is 4.86. The van der Waals surface area contributed by atoms with Gasteiger partial charge in [-0.25, -0.2) is 0 Å². The molecule has 2 amide bonds. The lowest BCUT2D eigenvalue weighted by atomic mass is 9.89. The monoisotopic (exact) mass is 302 g/mol. The first-order valence-corrected chi connectivity index (χ1v) is 8.05. The fourth-order valence-corrected chi connectivity index (χ4v) is 2.76. The Balaban J connectivity index is 1.90. The molecule has 1 aromatic rings. The quantitative estimate of drug-likeness (QED) is 0.760. The average molecular weight is 302 g/mol. The van der Waals surface area contributed by atoms with Gasteiger partial charge in [-0.15, -0.1) is 0 Å². The molecule has 4 heteroatoms. The van der Waals surface area contributed by atoms with Crippen molar-refractivity contribution in [1.29, 1.82) is 0 Å². The van der Waals surface area contributed by atoms with Crippen molar-refractivity contribution in [2.45, 2.75) is 46.0 Å². The van der Waals surface area contributed by atoms with E-state index >= 15 is 0 Å². The van der Waals surface area contributed by atoms with Crippen LogP contribution in [-0.4, -0.2) is 24.9 Å². The summed E-state index contributed by atoms with van der Waals surface area (Å²) in [5.41, 5.74) is 3.86. The van der Waals surface area contributed by atoms with E-state index in [1.54, 1.807) is 0 Å². The van der Waals surface area contributed by atoms with Gasteiger partial charge in [0, 0.05) is 26.4 Å². The van der Waals surface area contributed by atoms with Crippen molar-refractivity contribution >= 4 is 11.8 Å². The summed E-state index contributed by atoms with van der Waals surface area (Å²) in [6.45, 7) is 6.68. The summed E-state index contributed by atoms with van der Waals surface area (Å²) in [5.74, 6) is 0.962. The lowest BCUT2D eigenvalue weighted by Crippen LogP contribution is -2.34. The van der Waals surface area contributed by atoms with Crippen LogP contribution in [0.3, 0.4) is 0 Å². The van der Waals surface area contributed by atoms with Crippen LogP contribution in [0.5, 0.6) is 0 Å². The highest BCUT2D eigenvalue weighted by Gasteiger charge is 2.33. The molecule has 1 unspecified atom stereocenters. The topological polar surface area (TPSA) is 58.2 Å². The molecule has 22 heavy (non-hydrogen) atoms. The minimum atomic E-state index is -0.0692. The van der Waals surface area contributed by atoms with Crippen LogP contribution >= 0.6 is 0 Å². The normalized spacial score (nSPS) is 15.2. The lowest BCUT2D eigenvalue weighted by molar-refractivity contribution is -0.122. The largest absolute Gasteiger partial charge is 0.355 e. The van der Waals surface area contributed by atoms with Crippen LogP contribution in [0.1, 0.15) is 48.8 Å². The zero-order valence-electron chi connectivity index (χ0n) is 13.7. The lowest BCUT2D eigenvalue weighted by Gasteiger charge is -2.18. The second kappa shape index (κ2) is 7.43. The molecule has 1 saturated carbocycles. The molecule has 0 heterocycles. The maximum Gasteiger partial charge on any atom is 0.220 e. The Bertz CT molecular complexity index is 550. The van der Waals surface area contributed by atoms with Crippen LogP contribution in [0.2, 0.25) is 0 Å². The predicted molar refractivity (Wildman–Crippen MR) is 87.7 cm³/mol. The molecular weight excluding hydrogens is 276 g/mol. The fourth-order valence-electron chi connectivity index (χ4n) is 2.76. The minimum absolute atomic E-state index is 0.0692. The molecule has 1 fully saturated rings. The first-order valence-electron chi connectivity index (χ1n) is 8.05. The second-order valence-corrected chi connectivity index (χ2v) is 6.32. The average Bonchev–Trinajstić information content (AvgIpc) is 3.28. The van der Waals surface area contributed by atoms with Gasteiger partial charge >= 0.3 is 0 Å². The zero-order chi connectivity index (χ0) is 16.1. The van der Waals surface area contributed by atoms with Crippen molar-refractivity contribution in [1.82, 2.24) is 10.6 Å². The number of hydrogen-bond donors (Lipinski definition) is 2. The van der Waals surface area contributed by atoms with Crippen LogP contribution in [-0.2, 0) is 9.59 Å². The summed E-state index contributed by atoms with van der Waals surface area (Å²) in [5, 5.41) is 5.57. The van der Waals surface area contributed by atoms with Crippen LogP contribution in [0.4, 0.5) is 0 Å². The van der Waals surface area contributed by atoms with Gasteiger partial charge in [-0.1, -0.05) is 18.2 Å². The number of benzene rings is 1. The molecule has 1 aliphatic rings. The summed E-state index contributed by atoms with van der Waals surface area (Å²) in [6.07, 6.45) is 2.97. The van der Waals surface area contributed by atoms with Crippen LogP contribution in [0, 0.1) is 19.8 Å². The summed E-state index contributed by atoms with van der Waals surface area (Å²) in [6, 6.07) is 6.54. The Kier molecular flexibility index (Phi) is 5.58. The van der Waals surface area contributed by atoms with Gasteiger partial charge in [0.25, 0.3) is 0 Å². The molecule has 0 radical (unpaired) electrons. The van der Waals surface area contributed by atoms with E-state index in [2.05, 4.69) is 42.7 Å². The molecule has 2 rings (SSSR count). The van der Waals surface area contributed by atoms with Crippen molar-refractivity contribution in [3.63, 3.8) is 0 Å². The Morgan fingerprint density at radius 2 is 1.82 bits per heavy atom. The van der Waals surface area contributed by atoms with E-state index in [1.165, 1.54) is 36.5 Å². The highest BCUT2D eigenvalue weighted by atomic mass is 16.2. The summed E-state index contributed by atoms with van der Waals surface area (Å²) >= 11 is 0. The van der Waals surface area contributed by atoms with E-state index < -0.39 is 0 Å². The molecule has 1 aliphatic carbocycles. The summed E-state index contributed by atoms with van der Waals surface area (Å²) < 4.78 is 0. The maximum atomic E-state index is 12.1. The number of carbonyl (C=O) groups is 2. The molecule has 0 spiro atoms. The van der Waals surface area contributed by atoms with Gasteiger partial charge in [0.15, 0.2) is 0 Å². The van der Waals surface area contributed by atoms with E-state index in [4.69, 9.17) is 0 Å². The number of amides is 2. The number of hydrogen-bond acceptors (Lipinski definition) is 2. The highest BCUT2D eigenvalue weighted by molar-refractivity contribution is 5.77. The van der Waals surface area contributed by atoms with Crippen molar-refractivity contribution in [3.05, 3.63) is 34.9 Å². The van der Waals surface area contributed by atoms with E-state index in [1.807, 2.05) is 0 Å². The first-order chi connectivity index (χ1) is 10.5. The standard InChI is InChI=1S/C18H26N2O2/c1-12-4-5-16(10-13(12)2)17(15-6-7-15)11-18(22)20-9-8-19-14(3)21/h4-5,10,15,17H,6-9,11H2,1-3H3,(H,19,21)(H,20,22). The molecule has 120 valence electrons. The van der Waals surface area contributed by atoms with Crippen molar-refractivity contribution in [3.8, 4) is 0 Å². The third-order valence-corrected chi connectivity index (χ3v) is 4.38. The zero-order valence-corrected chi connectivity index (χ0v) is 13.7. The fraction of sp³-hybridized carbons (Fsp3) is 0.556. The summed E-state index contributed by atoms with van der Waals surface area (Å²) in [4.78, 5) is 22.9. The van der Waals surface area contributed by atoms with Gasteiger partial charge in [0.2, 0.25) is 11.8 Å². The molecule has 4 nitrogen and oxygen atoms in total. The molecule has 0 saturated heterocycles. The van der Waals surface area contributed by atoms with Crippen molar-refractivity contribution in [2.24, 2.45) is 5.92 Å². The van der Waals surface area contributed by atoms with Crippen LogP contribution in [0.15, 0.2) is 18.2 Å². The predicted octanol–water partition coefficient (Wildman–Crippen LogP) is 2.44. The van der Waals surface area contributed by atoms with Gasteiger partial charge in [0.1, 0.15) is 0 Å². The molecule has 1 aromatic carbocycles. The molecule has 2 N–H and O–H groups in total. The third-order valence-electron chi connectivity index (χ3n) is 4.38.